The Hall–Kier alpha value is -3.95. The van der Waals surface area contributed by atoms with Gasteiger partial charge in [0.05, 0.1) is 11.2 Å². The highest BCUT2D eigenvalue weighted by Gasteiger charge is 2.30. The molecule has 10 heteroatoms. The van der Waals surface area contributed by atoms with Gasteiger partial charge in [0.15, 0.2) is 5.76 Å². The lowest BCUT2D eigenvalue weighted by Crippen LogP contribution is -2.49. The summed E-state index contributed by atoms with van der Waals surface area (Å²) < 4.78 is 5.18. The van der Waals surface area contributed by atoms with E-state index in [1.165, 1.54) is 18.2 Å². The van der Waals surface area contributed by atoms with Crippen LogP contribution in [-0.2, 0) is 6.42 Å². The molecular formula is C23H26N6O4. The number of furan rings is 1. The van der Waals surface area contributed by atoms with E-state index in [-0.39, 0.29) is 29.0 Å². The van der Waals surface area contributed by atoms with Crippen LogP contribution in [0.25, 0.3) is 0 Å². The molecule has 0 atom stereocenters. The van der Waals surface area contributed by atoms with Crippen LogP contribution >= 0.6 is 0 Å². The fourth-order valence-corrected chi connectivity index (χ4v) is 3.88. The number of nitrogens with zero attached hydrogens (tertiary/aromatic N) is 5. The average Bonchev–Trinajstić information content (AvgIpc) is 3.39. The van der Waals surface area contributed by atoms with E-state index in [4.69, 9.17) is 4.42 Å². The minimum Gasteiger partial charge on any atom is -0.459 e. The summed E-state index contributed by atoms with van der Waals surface area (Å²) in [5, 5.41) is 15.0. The molecule has 10 nitrogen and oxygen atoms in total. The molecule has 0 saturated carbocycles. The molecule has 4 rings (SSSR count). The molecule has 1 saturated heterocycles. The van der Waals surface area contributed by atoms with Crippen LogP contribution in [0.1, 0.15) is 29.0 Å². The second-order valence-corrected chi connectivity index (χ2v) is 7.78. The fourth-order valence-electron chi connectivity index (χ4n) is 3.88. The predicted octanol–water partition coefficient (Wildman–Crippen LogP) is 3.38. The monoisotopic (exact) mass is 450 g/mol. The zero-order chi connectivity index (χ0) is 23.0. The zero-order valence-corrected chi connectivity index (χ0v) is 18.2. The van der Waals surface area contributed by atoms with Crippen LogP contribution in [0.15, 0.2) is 59.5 Å². The summed E-state index contributed by atoms with van der Waals surface area (Å²) in [5.74, 6) is 0.593. The summed E-state index contributed by atoms with van der Waals surface area (Å²) in [6.45, 7) is 2.28. The Morgan fingerprint density at radius 2 is 1.85 bits per heavy atom. The molecule has 3 heterocycles. The highest BCUT2D eigenvalue weighted by atomic mass is 16.6. The second-order valence-electron chi connectivity index (χ2n) is 7.78. The Bertz CT molecular complexity index is 1070. The van der Waals surface area contributed by atoms with Gasteiger partial charge in [0.1, 0.15) is 6.33 Å². The summed E-state index contributed by atoms with van der Waals surface area (Å²) in [6.07, 6.45) is 5.59. The molecule has 1 aliphatic heterocycles. The molecule has 1 amide bonds. The summed E-state index contributed by atoms with van der Waals surface area (Å²) in [7, 11) is 0. The van der Waals surface area contributed by atoms with Crippen molar-refractivity contribution in [3.05, 3.63) is 76.5 Å². The van der Waals surface area contributed by atoms with Crippen molar-refractivity contribution in [2.45, 2.75) is 19.3 Å². The Labute approximate surface area is 191 Å². The minimum absolute atomic E-state index is 0.133. The van der Waals surface area contributed by atoms with Gasteiger partial charge in [0.2, 0.25) is 11.6 Å². The quantitative estimate of drug-likeness (QED) is 0.299. The summed E-state index contributed by atoms with van der Waals surface area (Å²) in [4.78, 5) is 35.7. The third kappa shape index (κ3) is 5.46. The number of hydrogen-bond donors (Lipinski definition) is 1. The number of carbonyl (C=O) groups excluding carboxylic acids is 1. The van der Waals surface area contributed by atoms with Crippen molar-refractivity contribution >= 4 is 23.2 Å². The van der Waals surface area contributed by atoms with E-state index in [1.54, 1.807) is 17.0 Å². The fraction of sp³-hybridized carbons (Fsp3) is 0.348. The molecule has 172 valence electrons. The maximum atomic E-state index is 12.5. The third-order valence-corrected chi connectivity index (χ3v) is 5.61. The second kappa shape index (κ2) is 10.6. The highest BCUT2D eigenvalue weighted by molar-refractivity contribution is 5.91. The molecule has 0 aliphatic carbocycles. The van der Waals surface area contributed by atoms with Gasteiger partial charge in [0.25, 0.3) is 5.91 Å². The van der Waals surface area contributed by atoms with Gasteiger partial charge in [-0.25, -0.2) is 9.97 Å². The Morgan fingerprint density at radius 3 is 2.55 bits per heavy atom. The molecule has 2 aromatic heterocycles. The van der Waals surface area contributed by atoms with Crippen LogP contribution in [0.2, 0.25) is 0 Å². The molecule has 1 aromatic carbocycles. The summed E-state index contributed by atoms with van der Waals surface area (Å²) >= 11 is 0. The number of aryl methyl sites for hydroxylation is 1. The first-order chi connectivity index (χ1) is 16.1. The van der Waals surface area contributed by atoms with Crippen LogP contribution < -0.4 is 10.2 Å². The standard InChI is InChI=1S/C23H26N6O4/c30-23(19-10-6-16-33-19)28-14-12-27(13-15-28)22-20(29(31)32)21(25-17-26-22)24-11-5-4-9-18-7-2-1-3-8-18/h1-3,6-8,10,16-17H,4-5,9,11-15H2,(H,24,25,26). The molecule has 0 unspecified atom stereocenters. The highest BCUT2D eigenvalue weighted by Crippen LogP contribution is 2.32. The van der Waals surface area contributed by atoms with Gasteiger partial charge < -0.3 is 19.5 Å². The smallest absolute Gasteiger partial charge is 0.353 e. The van der Waals surface area contributed by atoms with Crippen molar-refractivity contribution in [1.82, 2.24) is 14.9 Å². The Balaban J connectivity index is 1.35. The molecule has 0 bridgehead atoms. The molecule has 1 aliphatic rings. The van der Waals surface area contributed by atoms with Crippen molar-refractivity contribution in [2.75, 3.05) is 42.9 Å². The maximum Gasteiger partial charge on any atom is 0.353 e. The minimum atomic E-state index is -0.442. The van der Waals surface area contributed by atoms with Gasteiger partial charge in [-0.1, -0.05) is 30.3 Å². The first-order valence-electron chi connectivity index (χ1n) is 11.0. The number of hydrogen-bond acceptors (Lipinski definition) is 8. The molecule has 0 radical (unpaired) electrons. The van der Waals surface area contributed by atoms with E-state index in [0.29, 0.717) is 32.7 Å². The van der Waals surface area contributed by atoms with E-state index in [0.717, 1.165) is 19.3 Å². The number of nitrogens with one attached hydrogen (secondary N) is 1. The molecular weight excluding hydrogens is 424 g/mol. The van der Waals surface area contributed by atoms with E-state index in [2.05, 4.69) is 27.4 Å². The van der Waals surface area contributed by atoms with E-state index in [1.807, 2.05) is 23.1 Å². The van der Waals surface area contributed by atoms with Gasteiger partial charge in [-0.2, -0.15) is 0 Å². The van der Waals surface area contributed by atoms with Crippen LogP contribution in [0.4, 0.5) is 17.3 Å². The number of anilines is 2. The first kappa shape index (κ1) is 22.3. The largest absolute Gasteiger partial charge is 0.459 e. The average molecular weight is 450 g/mol. The first-order valence-corrected chi connectivity index (χ1v) is 11.0. The van der Waals surface area contributed by atoms with E-state index >= 15 is 0 Å². The maximum absolute atomic E-state index is 12.5. The molecule has 0 spiro atoms. The number of aromatic nitrogens is 2. The topological polar surface area (TPSA) is 118 Å². The zero-order valence-electron chi connectivity index (χ0n) is 18.2. The van der Waals surface area contributed by atoms with Gasteiger partial charge in [0, 0.05) is 32.7 Å². The normalized spacial score (nSPS) is 13.7. The van der Waals surface area contributed by atoms with Crippen molar-refractivity contribution in [1.29, 1.82) is 0 Å². The van der Waals surface area contributed by atoms with Gasteiger partial charge >= 0.3 is 5.69 Å². The number of rotatable bonds is 9. The van der Waals surface area contributed by atoms with Crippen LogP contribution in [-0.4, -0.2) is 58.4 Å². The van der Waals surface area contributed by atoms with Crippen molar-refractivity contribution < 1.29 is 14.1 Å². The number of amides is 1. The molecule has 33 heavy (non-hydrogen) atoms. The van der Waals surface area contributed by atoms with Crippen LogP contribution in [0, 0.1) is 10.1 Å². The lowest BCUT2D eigenvalue weighted by Gasteiger charge is -2.34. The Kier molecular flexibility index (Phi) is 7.13. The molecule has 3 aromatic rings. The SMILES string of the molecule is O=C(c1ccco1)N1CCN(c2ncnc(NCCCCc3ccccc3)c2[N+](=O)[O-])CC1. The van der Waals surface area contributed by atoms with Crippen LogP contribution in [0.3, 0.4) is 0 Å². The van der Waals surface area contributed by atoms with Gasteiger partial charge in [-0.3, -0.25) is 14.9 Å². The summed E-state index contributed by atoms with van der Waals surface area (Å²) in [6, 6.07) is 13.5. The summed E-state index contributed by atoms with van der Waals surface area (Å²) in [5.41, 5.74) is 1.14. The number of nitro groups is 1. The third-order valence-electron chi connectivity index (χ3n) is 5.61. The van der Waals surface area contributed by atoms with Crippen molar-refractivity contribution in [3.8, 4) is 0 Å². The van der Waals surface area contributed by atoms with Crippen molar-refractivity contribution in [2.24, 2.45) is 0 Å². The van der Waals surface area contributed by atoms with Gasteiger partial charge in [-0.05, 0) is 37.0 Å². The number of benzene rings is 1. The number of piperazine rings is 1. The number of unbranched alkanes of at least 4 members (excludes halogenated alkanes) is 1. The molecule has 1 fully saturated rings. The predicted molar refractivity (Wildman–Crippen MR) is 123 cm³/mol. The van der Waals surface area contributed by atoms with E-state index < -0.39 is 4.92 Å². The van der Waals surface area contributed by atoms with E-state index in [9.17, 15) is 14.9 Å². The van der Waals surface area contributed by atoms with Crippen LogP contribution in [0.5, 0.6) is 0 Å². The lowest BCUT2D eigenvalue weighted by molar-refractivity contribution is -0.383. The Morgan fingerprint density at radius 1 is 1.06 bits per heavy atom. The number of carbonyl (C=O) groups is 1. The van der Waals surface area contributed by atoms with Gasteiger partial charge in [-0.15, -0.1) is 0 Å². The lowest BCUT2D eigenvalue weighted by atomic mass is 10.1. The molecule has 1 N–H and O–H groups in total. The van der Waals surface area contributed by atoms with Crippen molar-refractivity contribution in [3.63, 3.8) is 0 Å².